The van der Waals surface area contributed by atoms with Crippen LogP contribution in [0, 0.1) is 16.7 Å². The molecule has 3 heteroatoms. The number of hydroxylamine groups is 2. The summed E-state index contributed by atoms with van der Waals surface area (Å²) < 4.78 is 0. The van der Waals surface area contributed by atoms with Crippen LogP contribution >= 0.6 is 0 Å². The monoisotopic (exact) mass is 152 g/mol. The van der Waals surface area contributed by atoms with Gasteiger partial charge in [-0.2, -0.15) is 10.3 Å². The first-order valence-electron chi connectivity index (χ1n) is 4.14. The third-order valence-electron chi connectivity index (χ3n) is 2.40. The van der Waals surface area contributed by atoms with E-state index in [1.165, 1.54) is 0 Å². The molecule has 1 saturated carbocycles. The zero-order valence-electron chi connectivity index (χ0n) is 6.55. The Labute approximate surface area is 66.5 Å². The van der Waals surface area contributed by atoms with Gasteiger partial charge in [0.25, 0.3) is 0 Å². The Hall–Kier alpha value is -0.590. The molecule has 0 aromatic rings. The fourth-order valence-electron chi connectivity index (χ4n) is 1.42. The summed E-state index contributed by atoms with van der Waals surface area (Å²) in [6.07, 6.45) is 3.23. The lowest BCUT2D eigenvalue weighted by Crippen LogP contribution is -2.25. The van der Waals surface area contributed by atoms with Gasteiger partial charge >= 0.3 is 0 Å². The third-order valence-corrected chi connectivity index (χ3v) is 2.40. The van der Waals surface area contributed by atoms with Gasteiger partial charge in [-0.1, -0.05) is 0 Å². The van der Waals surface area contributed by atoms with Crippen LogP contribution in [0.2, 0.25) is 0 Å². The summed E-state index contributed by atoms with van der Waals surface area (Å²) in [4.78, 5) is 5.31. The Kier molecular flexibility index (Phi) is 1.59. The van der Waals surface area contributed by atoms with E-state index in [1.54, 1.807) is 0 Å². The summed E-state index contributed by atoms with van der Waals surface area (Å²) in [6, 6.07) is 2.36. The molecule has 2 fully saturated rings. The van der Waals surface area contributed by atoms with Crippen LogP contribution in [0.4, 0.5) is 0 Å². The number of rotatable bonds is 2. The van der Waals surface area contributed by atoms with Crippen molar-refractivity contribution in [3.8, 4) is 6.07 Å². The zero-order valence-corrected chi connectivity index (χ0v) is 6.55. The molecule has 60 valence electrons. The van der Waals surface area contributed by atoms with Crippen molar-refractivity contribution in [1.82, 2.24) is 5.06 Å². The lowest BCUT2D eigenvalue weighted by molar-refractivity contribution is -0.117. The van der Waals surface area contributed by atoms with Crippen molar-refractivity contribution in [2.75, 3.05) is 19.7 Å². The molecule has 0 atom stereocenters. The fourth-order valence-corrected chi connectivity index (χ4v) is 1.42. The number of hydrogen-bond donors (Lipinski definition) is 0. The first-order chi connectivity index (χ1) is 5.35. The van der Waals surface area contributed by atoms with Crippen LogP contribution in [0.1, 0.15) is 19.3 Å². The quantitative estimate of drug-likeness (QED) is 0.590. The molecule has 2 aliphatic rings. The van der Waals surface area contributed by atoms with E-state index >= 15 is 0 Å². The fraction of sp³-hybridized carbons (Fsp3) is 0.875. The lowest BCUT2D eigenvalue weighted by atomic mass is 10.1. The minimum absolute atomic E-state index is 0.0374. The molecule has 0 unspecified atom stereocenters. The largest absolute Gasteiger partial charge is 0.299 e. The second kappa shape index (κ2) is 2.47. The topological polar surface area (TPSA) is 36.3 Å². The second-order valence-corrected chi connectivity index (χ2v) is 3.44. The predicted molar refractivity (Wildman–Crippen MR) is 39.4 cm³/mol. The molecule has 0 aromatic carbocycles. The standard InChI is InChI=1S/C8H12N2O/c9-6-8(2-3-8)7-10-4-1-5-11-10/h1-5,7H2. The zero-order chi connectivity index (χ0) is 7.73. The molecule has 1 heterocycles. The SMILES string of the molecule is N#CC1(CN2CCCO2)CC1. The molecule has 0 spiro atoms. The van der Waals surface area contributed by atoms with Gasteiger partial charge in [0.1, 0.15) is 0 Å². The molecule has 1 aliphatic heterocycles. The lowest BCUT2D eigenvalue weighted by Gasteiger charge is -2.15. The third kappa shape index (κ3) is 1.37. The van der Waals surface area contributed by atoms with Crippen molar-refractivity contribution in [2.24, 2.45) is 5.41 Å². The van der Waals surface area contributed by atoms with E-state index in [2.05, 4.69) is 6.07 Å². The summed E-state index contributed by atoms with van der Waals surface area (Å²) in [5.74, 6) is 0. The van der Waals surface area contributed by atoms with E-state index in [4.69, 9.17) is 10.1 Å². The van der Waals surface area contributed by atoms with Gasteiger partial charge in [0.15, 0.2) is 0 Å². The molecule has 2 rings (SSSR count). The maximum Gasteiger partial charge on any atom is 0.0725 e. The van der Waals surface area contributed by atoms with Gasteiger partial charge in [-0.05, 0) is 19.3 Å². The molecule has 3 nitrogen and oxygen atoms in total. The minimum atomic E-state index is -0.0374. The maximum atomic E-state index is 8.78. The minimum Gasteiger partial charge on any atom is -0.299 e. The molecular weight excluding hydrogens is 140 g/mol. The van der Waals surface area contributed by atoms with Gasteiger partial charge in [-0.15, -0.1) is 0 Å². The van der Waals surface area contributed by atoms with Crippen LogP contribution < -0.4 is 0 Å². The van der Waals surface area contributed by atoms with Gasteiger partial charge in [0.05, 0.1) is 18.1 Å². The predicted octanol–water partition coefficient (Wildman–Crippen LogP) is 0.927. The summed E-state index contributed by atoms with van der Waals surface area (Å²) in [7, 11) is 0. The molecule has 0 radical (unpaired) electrons. The first kappa shape index (κ1) is 7.08. The van der Waals surface area contributed by atoms with Crippen molar-refractivity contribution >= 4 is 0 Å². The highest BCUT2D eigenvalue weighted by Gasteiger charge is 2.45. The van der Waals surface area contributed by atoms with Gasteiger partial charge in [-0.25, -0.2) is 0 Å². The molecule has 1 aliphatic carbocycles. The van der Waals surface area contributed by atoms with Crippen LogP contribution in [0.15, 0.2) is 0 Å². The summed E-state index contributed by atoms with van der Waals surface area (Å²) in [5, 5.41) is 10.7. The van der Waals surface area contributed by atoms with Crippen LogP contribution in [0.5, 0.6) is 0 Å². The second-order valence-electron chi connectivity index (χ2n) is 3.44. The Bertz CT molecular complexity index is 187. The maximum absolute atomic E-state index is 8.78. The smallest absolute Gasteiger partial charge is 0.0725 e. The average molecular weight is 152 g/mol. The highest BCUT2D eigenvalue weighted by molar-refractivity contribution is 5.10. The van der Waals surface area contributed by atoms with E-state index in [9.17, 15) is 0 Å². The van der Waals surface area contributed by atoms with Crippen LogP contribution in [0.3, 0.4) is 0 Å². The first-order valence-corrected chi connectivity index (χ1v) is 4.14. The molecule has 0 aromatic heterocycles. The van der Waals surface area contributed by atoms with Crippen LogP contribution in [-0.4, -0.2) is 24.8 Å². The van der Waals surface area contributed by atoms with Crippen molar-refractivity contribution in [3.63, 3.8) is 0 Å². The van der Waals surface area contributed by atoms with E-state index < -0.39 is 0 Å². The highest BCUT2D eigenvalue weighted by atomic mass is 16.7. The number of nitriles is 1. The Morgan fingerprint density at radius 3 is 2.82 bits per heavy atom. The Morgan fingerprint density at radius 1 is 1.55 bits per heavy atom. The Morgan fingerprint density at radius 2 is 2.36 bits per heavy atom. The molecule has 0 amide bonds. The van der Waals surface area contributed by atoms with Gasteiger partial charge in [0, 0.05) is 13.1 Å². The molecule has 0 N–H and O–H groups in total. The average Bonchev–Trinajstić information content (AvgIpc) is 2.59. The summed E-state index contributed by atoms with van der Waals surface area (Å²) in [5.41, 5.74) is -0.0374. The van der Waals surface area contributed by atoms with E-state index in [0.717, 1.165) is 39.0 Å². The number of hydrogen-bond acceptors (Lipinski definition) is 3. The molecule has 1 saturated heterocycles. The summed E-state index contributed by atoms with van der Waals surface area (Å²) >= 11 is 0. The number of nitrogens with zero attached hydrogens (tertiary/aromatic N) is 2. The van der Waals surface area contributed by atoms with Crippen molar-refractivity contribution in [1.29, 1.82) is 5.26 Å². The van der Waals surface area contributed by atoms with Crippen molar-refractivity contribution < 1.29 is 4.84 Å². The van der Waals surface area contributed by atoms with Crippen LogP contribution in [-0.2, 0) is 4.84 Å². The van der Waals surface area contributed by atoms with E-state index in [0.29, 0.717) is 0 Å². The highest BCUT2D eigenvalue weighted by Crippen LogP contribution is 2.45. The summed E-state index contributed by atoms with van der Waals surface area (Å²) in [6.45, 7) is 2.66. The van der Waals surface area contributed by atoms with E-state index in [-0.39, 0.29) is 5.41 Å². The normalized spacial score (nSPS) is 28.3. The molecule has 11 heavy (non-hydrogen) atoms. The van der Waals surface area contributed by atoms with E-state index in [1.807, 2.05) is 5.06 Å². The van der Waals surface area contributed by atoms with Gasteiger partial charge < -0.3 is 0 Å². The van der Waals surface area contributed by atoms with Crippen LogP contribution in [0.25, 0.3) is 0 Å². The molecule has 0 bridgehead atoms. The van der Waals surface area contributed by atoms with Gasteiger partial charge in [-0.3, -0.25) is 4.84 Å². The van der Waals surface area contributed by atoms with Gasteiger partial charge in [0.2, 0.25) is 0 Å². The van der Waals surface area contributed by atoms with Crippen molar-refractivity contribution in [3.05, 3.63) is 0 Å². The molecular formula is C8H12N2O. The van der Waals surface area contributed by atoms with Crippen molar-refractivity contribution in [2.45, 2.75) is 19.3 Å². The Balaban J connectivity index is 1.85.